The lowest BCUT2D eigenvalue weighted by molar-refractivity contribution is 0.100. The molecular weight excluding hydrogens is 220 g/mol. The lowest BCUT2D eigenvalue weighted by Crippen LogP contribution is -2.10. The SMILES string of the molecule is COc1ccc(Oc2ccc(C(N)=O)cc2)[nH]1. The van der Waals surface area contributed by atoms with Gasteiger partial charge in [0.05, 0.1) is 7.11 Å². The van der Waals surface area contributed by atoms with E-state index >= 15 is 0 Å². The molecule has 88 valence electrons. The fourth-order valence-electron chi connectivity index (χ4n) is 1.35. The molecule has 2 rings (SSSR count). The average molecular weight is 232 g/mol. The third-order valence-electron chi connectivity index (χ3n) is 2.22. The highest BCUT2D eigenvalue weighted by molar-refractivity contribution is 5.92. The van der Waals surface area contributed by atoms with Gasteiger partial charge in [-0.3, -0.25) is 9.78 Å². The van der Waals surface area contributed by atoms with E-state index in [9.17, 15) is 4.79 Å². The Bertz CT molecular complexity index is 517. The van der Waals surface area contributed by atoms with Crippen LogP contribution in [0.4, 0.5) is 0 Å². The fourth-order valence-corrected chi connectivity index (χ4v) is 1.35. The summed E-state index contributed by atoms with van der Waals surface area (Å²) >= 11 is 0. The Morgan fingerprint density at radius 3 is 2.29 bits per heavy atom. The molecule has 5 nitrogen and oxygen atoms in total. The quantitative estimate of drug-likeness (QED) is 0.845. The third-order valence-corrected chi connectivity index (χ3v) is 2.22. The first-order valence-corrected chi connectivity index (χ1v) is 5.00. The van der Waals surface area contributed by atoms with Crippen molar-refractivity contribution in [2.75, 3.05) is 7.11 Å². The molecule has 3 N–H and O–H groups in total. The van der Waals surface area contributed by atoms with Crippen LogP contribution in [-0.4, -0.2) is 18.0 Å². The average Bonchev–Trinajstić information content (AvgIpc) is 2.77. The highest BCUT2D eigenvalue weighted by Crippen LogP contribution is 2.23. The molecule has 0 bridgehead atoms. The van der Waals surface area contributed by atoms with E-state index in [0.29, 0.717) is 23.1 Å². The van der Waals surface area contributed by atoms with E-state index in [1.807, 2.05) is 0 Å². The number of amides is 1. The van der Waals surface area contributed by atoms with Crippen molar-refractivity contribution < 1.29 is 14.3 Å². The summed E-state index contributed by atoms with van der Waals surface area (Å²) < 4.78 is 10.5. The summed E-state index contributed by atoms with van der Waals surface area (Å²) in [5.74, 6) is 1.33. The number of nitrogens with one attached hydrogen (secondary N) is 1. The van der Waals surface area contributed by atoms with Crippen LogP contribution >= 0.6 is 0 Å². The molecule has 2 aromatic rings. The number of aromatic nitrogens is 1. The standard InChI is InChI=1S/C12H12N2O3/c1-16-10-6-7-11(14-10)17-9-4-2-8(3-5-9)12(13)15/h2-7,14H,1H3,(H2,13,15). The number of hydrogen-bond donors (Lipinski definition) is 2. The zero-order valence-corrected chi connectivity index (χ0v) is 9.27. The van der Waals surface area contributed by atoms with Crippen molar-refractivity contribution in [1.29, 1.82) is 0 Å². The number of hydrogen-bond acceptors (Lipinski definition) is 3. The highest BCUT2D eigenvalue weighted by Gasteiger charge is 2.03. The first-order valence-electron chi connectivity index (χ1n) is 5.00. The number of nitrogens with two attached hydrogens (primary N) is 1. The summed E-state index contributed by atoms with van der Waals surface area (Å²) in [6.45, 7) is 0. The topological polar surface area (TPSA) is 77.3 Å². The van der Waals surface area contributed by atoms with E-state index in [4.69, 9.17) is 15.2 Å². The van der Waals surface area contributed by atoms with Gasteiger partial charge in [-0.05, 0) is 24.3 Å². The van der Waals surface area contributed by atoms with Crippen LogP contribution < -0.4 is 15.2 Å². The Balaban J connectivity index is 2.10. The lowest BCUT2D eigenvalue weighted by Gasteiger charge is -2.03. The molecule has 1 heterocycles. The number of carbonyl (C=O) groups excluding carboxylic acids is 1. The molecule has 0 saturated heterocycles. The number of primary amides is 1. The van der Waals surface area contributed by atoms with Crippen LogP contribution in [0.1, 0.15) is 10.4 Å². The molecular formula is C12H12N2O3. The van der Waals surface area contributed by atoms with Gasteiger partial charge < -0.3 is 15.2 Å². The number of H-pyrrole nitrogens is 1. The van der Waals surface area contributed by atoms with Crippen LogP contribution in [0.2, 0.25) is 0 Å². The van der Waals surface area contributed by atoms with Gasteiger partial charge in [0.25, 0.3) is 0 Å². The molecule has 0 fully saturated rings. The van der Waals surface area contributed by atoms with Gasteiger partial charge in [-0.25, -0.2) is 0 Å². The minimum absolute atomic E-state index is 0.446. The van der Waals surface area contributed by atoms with Crippen LogP contribution in [0.5, 0.6) is 17.5 Å². The Labute approximate surface area is 98.2 Å². The molecule has 1 aromatic carbocycles. The van der Waals surface area contributed by atoms with E-state index in [-0.39, 0.29) is 0 Å². The summed E-state index contributed by atoms with van der Waals surface area (Å²) in [7, 11) is 1.57. The van der Waals surface area contributed by atoms with Gasteiger partial charge in [-0.2, -0.15) is 0 Å². The van der Waals surface area contributed by atoms with Gasteiger partial charge >= 0.3 is 0 Å². The van der Waals surface area contributed by atoms with Crippen molar-refractivity contribution in [3.05, 3.63) is 42.0 Å². The third kappa shape index (κ3) is 2.57. The molecule has 5 heteroatoms. The zero-order chi connectivity index (χ0) is 12.3. The van der Waals surface area contributed by atoms with Crippen LogP contribution in [0, 0.1) is 0 Å². The zero-order valence-electron chi connectivity index (χ0n) is 9.27. The van der Waals surface area contributed by atoms with Crippen LogP contribution in [0.3, 0.4) is 0 Å². The second kappa shape index (κ2) is 4.61. The van der Waals surface area contributed by atoms with Gasteiger partial charge in [0, 0.05) is 17.7 Å². The molecule has 0 saturated carbocycles. The van der Waals surface area contributed by atoms with E-state index < -0.39 is 5.91 Å². The Kier molecular flexibility index (Phi) is 3.00. The van der Waals surface area contributed by atoms with Crippen molar-refractivity contribution >= 4 is 5.91 Å². The van der Waals surface area contributed by atoms with Crippen LogP contribution in [0.25, 0.3) is 0 Å². The van der Waals surface area contributed by atoms with Gasteiger partial charge in [0.15, 0.2) is 11.8 Å². The van der Waals surface area contributed by atoms with E-state index in [1.54, 1.807) is 43.5 Å². The summed E-state index contributed by atoms with van der Waals surface area (Å²) in [5, 5.41) is 0. The molecule has 0 spiro atoms. The lowest BCUT2D eigenvalue weighted by atomic mass is 10.2. The van der Waals surface area contributed by atoms with Crippen molar-refractivity contribution in [2.24, 2.45) is 5.73 Å². The molecule has 0 aliphatic rings. The number of methoxy groups -OCH3 is 1. The second-order valence-electron chi connectivity index (χ2n) is 3.38. The second-order valence-corrected chi connectivity index (χ2v) is 3.38. The summed E-state index contributed by atoms with van der Waals surface area (Å²) in [6, 6.07) is 10.1. The predicted octanol–water partition coefficient (Wildman–Crippen LogP) is 1.91. The minimum atomic E-state index is -0.460. The Hall–Kier alpha value is -2.43. The maximum absolute atomic E-state index is 10.9. The van der Waals surface area contributed by atoms with Crippen LogP contribution in [-0.2, 0) is 0 Å². The number of carbonyl (C=O) groups is 1. The molecule has 0 unspecified atom stereocenters. The number of ether oxygens (including phenoxy) is 2. The normalized spacial score (nSPS) is 9.94. The monoisotopic (exact) mass is 232 g/mol. The van der Waals surface area contributed by atoms with Gasteiger partial charge in [-0.15, -0.1) is 0 Å². The van der Waals surface area contributed by atoms with Crippen molar-refractivity contribution in [3.63, 3.8) is 0 Å². The fraction of sp³-hybridized carbons (Fsp3) is 0.0833. The number of aromatic amines is 1. The summed E-state index contributed by atoms with van der Waals surface area (Å²) in [5.41, 5.74) is 5.58. The number of rotatable bonds is 4. The molecule has 1 aromatic heterocycles. The first kappa shape index (κ1) is 11.1. The largest absolute Gasteiger partial charge is 0.482 e. The first-order chi connectivity index (χ1) is 8.19. The van der Waals surface area contributed by atoms with Crippen molar-refractivity contribution in [2.45, 2.75) is 0 Å². The van der Waals surface area contributed by atoms with Gasteiger partial charge in [0.1, 0.15) is 5.75 Å². The highest BCUT2D eigenvalue weighted by atomic mass is 16.5. The molecule has 0 aliphatic carbocycles. The number of benzene rings is 1. The van der Waals surface area contributed by atoms with Crippen molar-refractivity contribution in [1.82, 2.24) is 4.98 Å². The van der Waals surface area contributed by atoms with E-state index in [2.05, 4.69) is 4.98 Å². The maximum Gasteiger partial charge on any atom is 0.248 e. The van der Waals surface area contributed by atoms with Gasteiger partial charge in [-0.1, -0.05) is 0 Å². The smallest absolute Gasteiger partial charge is 0.248 e. The van der Waals surface area contributed by atoms with Crippen LogP contribution in [0.15, 0.2) is 36.4 Å². The Morgan fingerprint density at radius 1 is 1.12 bits per heavy atom. The molecule has 0 atom stereocenters. The minimum Gasteiger partial charge on any atom is -0.482 e. The van der Waals surface area contributed by atoms with E-state index in [1.165, 1.54) is 0 Å². The van der Waals surface area contributed by atoms with E-state index in [0.717, 1.165) is 0 Å². The Morgan fingerprint density at radius 2 is 1.76 bits per heavy atom. The molecule has 1 amide bonds. The van der Waals surface area contributed by atoms with Crippen molar-refractivity contribution in [3.8, 4) is 17.5 Å². The summed E-state index contributed by atoms with van der Waals surface area (Å²) in [6.07, 6.45) is 0. The molecule has 17 heavy (non-hydrogen) atoms. The predicted molar refractivity (Wildman–Crippen MR) is 62.4 cm³/mol. The molecule has 0 aliphatic heterocycles. The van der Waals surface area contributed by atoms with Gasteiger partial charge in [0.2, 0.25) is 5.91 Å². The molecule has 0 radical (unpaired) electrons. The summed E-state index contributed by atoms with van der Waals surface area (Å²) in [4.78, 5) is 13.8. The maximum atomic E-state index is 10.9.